The molecule has 0 radical (unpaired) electrons. The van der Waals surface area contributed by atoms with Gasteiger partial charge in [0, 0.05) is 12.9 Å². The van der Waals surface area contributed by atoms with Crippen molar-refractivity contribution in [1.82, 2.24) is 0 Å². The molecule has 0 aromatic rings. The summed E-state index contributed by atoms with van der Waals surface area (Å²) in [5.41, 5.74) is 0. The van der Waals surface area contributed by atoms with Gasteiger partial charge in [0.05, 0.1) is 5.92 Å². The van der Waals surface area contributed by atoms with Gasteiger partial charge in [0.1, 0.15) is 0 Å². The Morgan fingerprint density at radius 3 is 2.50 bits per heavy atom. The van der Waals surface area contributed by atoms with Gasteiger partial charge in [0.2, 0.25) is 0 Å². The SMILES string of the molecule is CCCCCC(C)C(=O)OS.[SbH3]. The maximum absolute atomic E-state index is 10.8. The third kappa shape index (κ3) is 7.30. The van der Waals surface area contributed by atoms with Gasteiger partial charge >= 0.3 is 30.4 Å². The zero-order chi connectivity index (χ0) is 8.69. The molecule has 0 fully saturated rings. The molecule has 0 spiro atoms. The first-order chi connectivity index (χ1) is 5.22. The molecule has 0 heterocycles. The summed E-state index contributed by atoms with van der Waals surface area (Å²) in [7, 11) is 0. The number of thiol groups is 1. The van der Waals surface area contributed by atoms with E-state index in [9.17, 15) is 4.79 Å². The molecule has 0 amide bonds. The van der Waals surface area contributed by atoms with E-state index < -0.39 is 0 Å². The van der Waals surface area contributed by atoms with Crippen LogP contribution in [0.1, 0.15) is 39.5 Å². The van der Waals surface area contributed by atoms with Crippen LogP contribution < -0.4 is 0 Å². The van der Waals surface area contributed by atoms with Crippen LogP contribution in [0.4, 0.5) is 0 Å². The van der Waals surface area contributed by atoms with E-state index in [1.165, 1.54) is 12.8 Å². The number of hydrogen-bond acceptors (Lipinski definition) is 3. The Labute approximate surface area is 97.5 Å². The summed E-state index contributed by atoms with van der Waals surface area (Å²) in [5, 5.41) is 0. The molecule has 0 aliphatic heterocycles. The average molecular weight is 301 g/mol. The molecular weight excluding hydrogens is 282 g/mol. The third-order valence-electron chi connectivity index (χ3n) is 1.73. The fourth-order valence-corrected chi connectivity index (χ4v) is 1.09. The van der Waals surface area contributed by atoms with Crippen LogP contribution in [0, 0.1) is 5.92 Å². The van der Waals surface area contributed by atoms with E-state index in [1.807, 2.05) is 6.92 Å². The summed E-state index contributed by atoms with van der Waals surface area (Å²) in [5.74, 6) is -0.219. The fourth-order valence-electron chi connectivity index (χ4n) is 0.908. The van der Waals surface area contributed by atoms with Crippen molar-refractivity contribution in [1.29, 1.82) is 0 Å². The number of carbonyl (C=O) groups is 1. The van der Waals surface area contributed by atoms with Crippen molar-refractivity contribution < 1.29 is 8.98 Å². The summed E-state index contributed by atoms with van der Waals surface area (Å²) in [6.45, 7) is 4.01. The molecule has 2 nitrogen and oxygen atoms in total. The molecule has 0 aliphatic carbocycles. The standard InChI is InChI=1S/C8H16O2S.Sb.3H/c1-3-4-5-6-7(2)8(9)10-11;;;;/h7,11H,3-6H2,1-2H3;;;;. The number of unbranched alkanes of at least 4 members (excludes halogenated alkanes) is 2. The predicted octanol–water partition coefficient (Wildman–Crippen LogP) is 1.41. The molecule has 0 aliphatic rings. The molecule has 0 N–H and O–H groups in total. The number of rotatable bonds is 5. The van der Waals surface area contributed by atoms with Gasteiger partial charge in [0.15, 0.2) is 0 Å². The van der Waals surface area contributed by atoms with Crippen LogP contribution in [0.2, 0.25) is 0 Å². The average Bonchev–Trinajstić information content (AvgIpc) is 2.03. The van der Waals surface area contributed by atoms with E-state index >= 15 is 0 Å². The van der Waals surface area contributed by atoms with Crippen molar-refractivity contribution >= 4 is 43.3 Å². The van der Waals surface area contributed by atoms with E-state index in [2.05, 4.69) is 24.0 Å². The number of hydrogen-bond donors (Lipinski definition) is 1. The Morgan fingerprint density at radius 2 is 2.08 bits per heavy atom. The van der Waals surface area contributed by atoms with Crippen molar-refractivity contribution in [3.05, 3.63) is 0 Å². The second-order valence-corrected chi connectivity index (χ2v) is 2.99. The first kappa shape index (κ1) is 15.1. The van der Waals surface area contributed by atoms with Gasteiger partial charge in [-0.1, -0.05) is 33.1 Å². The summed E-state index contributed by atoms with van der Waals surface area (Å²) in [6, 6.07) is 0. The Hall–Kier alpha value is 0.638. The second kappa shape index (κ2) is 9.72. The van der Waals surface area contributed by atoms with E-state index in [0.29, 0.717) is 0 Å². The van der Waals surface area contributed by atoms with E-state index in [1.54, 1.807) is 0 Å². The molecule has 12 heavy (non-hydrogen) atoms. The molecule has 0 bridgehead atoms. The molecule has 1 atom stereocenters. The number of carbonyl (C=O) groups excluding carboxylic acids is 1. The van der Waals surface area contributed by atoms with E-state index in [4.69, 9.17) is 0 Å². The second-order valence-electron chi connectivity index (χ2n) is 2.81. The minimum atomic E-state index is -0.218. The third-order valence-corrected chi connectivity index (χ3v) is 1.91. The van der Waals surface area contributed by atoms with Crippen LogP contribution in [0.15, 0.2) is 0 Å². The first-order valence-corrected chi connectivity index (χ1v) is 4.44. The molecule has 0 aromatic heterocycles. The summed E-state index contributed by atoms with van der Waals surface area (Å²) in [4.78, 5) is 10.8. The summed E-state index contributed by atoms with van der Waals surface area (Å²) >= 11 is 3.45. The van der Waals surface area contributed by atoms with Crippen molar-refractivity contribution in [3.8, 4) is 0 Å². The van der Waals surface area contributed by atoms with Gasteiger partial charge in [-0.15, -0.1) is 0 Å². The summed E-state index contributed by atoms with van der Waals surface area (Å²) in [6.07, 6.45) is 4.38. The van der Waals surface area contributed by atoms with Gasteiger partial charge in [0.25, 0.3) is 0 Å². The molecule has 74 valence electrons. The zero-order valence-electron chi connectivity index (χ0n) is 7.88. The van der Waals surface area contributed by atoms with E-state index in [0.717, 1.165) is 12.8 Å². The molecule has 1 unspecified atom stereocenters. The Morgan fingerprint density at radius 1 is 1.50 bits per heavy atom. The van der Waals surface area contributed by atoms with Crippen LogP contribution >= 0.6 is 12.9 Å². The van der Waals surface area contributed by atoms with Crippen LogP contribution in [0.3, 0.4) is 0 Å². The van der Waals surface area contributed by atoms with Crippen molar-refractivity contribution in [3.63, 3.8) is 0 Å². The summed E-state index contributed by atoms with van der Waals surface area (Å²) < 4.78 is 4.30. The Balaban J connectivity index is 0. The minimum absolute atomic E-state index is 0. The molecular formula is C8H19O2SSb. The molecule has 0 saturated carbocycles. The topological polar surface area (TPSA) is 26.3 Å². The predicted molar refractivity (Wildman–Crippen MR) is 58.3 cm³/mol. The van der Waals surface area contributed by atoms with Crippen LogP contribution in [0.25, 0.3) is 0 Å². The van der Waals surface area contributed by atoms with Crippen molar-refractivity contribution in [2.24, 2.45) is 5.92 Å². The van der Waals surface area contributed by atoms with Gasteiger partial charge < -0.3 is 4.18 Å². The zero-order valence-corrected chi connectivity index (χ0v) is 12.8. The quantitative estimate of drug-likeness (QED) is 0.360. The first-order valence-electron chi connectivity index (χ1n) is 4.07. The monoisotopic (exact) mass is 300 g/mol. The Kier molecular flexibility index (Phi) is 12.3. The van der Waals surface area contributed by atoms with Crippen molar-refractivity contribution in [2.45, 2.75) is 39.5 Å². The van der Waals surface area contributed by atoms with Crippen LogP contribution in [-0.4, -0.2) is 30.4 Å². The Bertz CT molecular complexity index is 120. The van der Waals surface area contributed by atoms with Gasteiger partial charge in [-0.2, -0.15) is 0 Å². The van der Waals surface area contributed by atoms with Crippen LogP contribution in [-0.2, 0) is 8.98 Å². The van der Waals surface area contributed by atoms with Crippen molar-refractivity contribution in [2.75, 3.05) is 0 Å². The van der Waals surface area contributed by atoms with Gasteiger partial charge in [-0.05, 0) is 6.42 Å². The van der Waals surface area contributed by atoms with Crippen LogP contribution in [0.5, 0.6) is 0 Å². The normalized spacial score (nSPS) is 11.6. The maximum atomic E-state index is 10.8. The fraction of sp³-hybridized carbons (Fsp3) is 0.875. The van der Waals surface area contributed by atoms with E-state index in [-0.39, 0.29) is 36.3 Å². The molecule has 0 rings (SSSR count). The van der Waals surface area contributed by atoms with Gasteiger partial charge in [-0.3, -0.25) is 4.79 Å². The molecule has 0 aromatic carbocycles. The molecule has 4 heteroatoms. The molecule has 0 saturated heterocycles. The van der Waals surface area contributed by atoms with Gasteiger partial charge in [-0.25, -0.2) is 0 Å².